The van der Waals surface area contributed by atoms with Gasteiger partial charge in [0.1, 0.15) is 11.6 Å². The fourth-order valence-electron chi connectivity index (χ4n) is 2.46. The van der Waals surface area contributed by atoms with Crippen molar-refractivity contribution in [2.45, 2.75) is 18.1 Å². The number of rotatable bonds is 9. The topological polar surface area (TPSA) is 39.9 Å². The predicted octanol–water partition coefficient (Wildman–Crippen LogP) is 4.23. The number of allylic oxidation sites excluding steroid dienone is 1. The van der Waals surface area contributed by atoms with Gasteiger partial charge in [-0.15, -0.1) is 16.8 Å². The van der Waals surface area contributed by atoms with Crippen LogP contribution >= 0.6 is 11.8 Å². The number of aromatic nitrogens is 3. The van der Waals surface area contributed by atoms with E-state index in [1.54, 1.807) is 11.8 Å². The van der Waals surface area contributed by atoms with Crippen LogP contribution in [0.25, 0.3) is 0 Å². The summed E-state index contributed by atoms with van der Waals surface area (Å²) in [7, 11) is 0. The third-order valence-electron chi connectivity index (χ3n) is 3.64. The van der Waals surface area contributed by atoms with Gasteiger partial charge in [-0.05, 0) is 17.7 Å². The standard InChI is InChI=1S/C20H21N3OS/c1-2-13-23-19(16-17-9-5-3-6-10-17)21-22-20(23)25-15-14-24-18-11-7-4-8-12-18/h2-12H,1,13-16H2. The highest BCUT2D eigenvalue weighted by atomic mass is 32.2. The lowest BCUT2D eigenvalue weighted by atomic mass is 10.1. The average Bonchev–Trinajstić information content (AvgIpc) is 3.03. The average molecular weight is 351 g/mol. The molecule has 0 bridgehead atoms. The van der Waals surface area contributed by atoms with Gasteiger partial charge in [-0.2, -0.15) is 0 Å². The first-order valence-electron chi connectivity index (χ1n) is 8.24. The van der Waals surface area contributed by atoms with Crippen molar-refractivity contribution in [3.8, 4) is 5.75 Å². The molecule has 2 aromatic carbocycles. The minimum absolute atomic E-state index is 0.629. The Bertz CT molecular complexity index is 787. The van der Waals surface area contributed by atoms with Crippen molar-refractivity contribution in [3.05, 3.63) is 84.7 Å². The molecule has 0 spiro atoms. The first-order chi connectivity index (χ1) is 12.4. The molecule has 0 fully saturated rings. The largest absolute Gasteiger partial charge is 0.493 e. The van der Waals surface area contributed by atoms with Crippen molar-refractivity contribution in [3.63, 3.8) is 0 Å². The van der Waals surface area contributed by atoms with E-state index in [4.69, 9.17) is 4.74 Å². The Hall–Kier alpha value is -2.53. The van der Waals surface area contributed by atoms with Crippen LogP contribution in [0.5, 0.6) is 5.75 Å². The summed E-state index contributed by atoms with van der Waals surface area (Å²) >= 11 is 1.65. The molecule has 0 N–H and O–H groups in total. The third-order valence-corrected chi connectivity index (χ3v) is 4.57. The van der Waals surface area contributed by atoms with E-state index in [9.17, 15) is 0 Å². The molecular formula is C20H21N3OS. The predicted molar refractivity (Wildman–Crippen MR) is 102 cm³/mol. The maximum Gasteiger partial charge on any atom is 0.191 e. The van der Waals surface area contributed by atoms with Crippen LogP contribution in [0.4, 0.5) is 0 Å². The second-order valence-electron chi connectivity index (χ2n) is 5.47. The highest BCUT2D eigenvalue weighted by Crippen LogP contribution is 2.19. The van der Waals surface area contributed by atoms with Crippen LogP contribution in [0.3, 0.4) is 0 Å². The number of ether oxygens (including phenoxy) is 1. The molecule has 1 heterocycles. The zero-order valence-corrected chi connectivity index (χ0v) is 14.9. The van der Waals surface area contributed by atoms with Crippen molar-refractivity contribution in [2.24, 2.45) is 0 Å². The molecule has 0 aliphatic rings. The van der Waals surface area contributed by atoms with E-state index in [2.05, 4.69) is 33.5 Å². The lowest BCUT2D eigenvalue weighted by molar-refractivity contribution is 0.344. The molecule has 0 atom stereocenters. The fraction of sp³-hybridized carbons (Fsp3) is 0.200. The van der Waals surface area contributed by atoms with Crippen molar-refractivity contribution < 1.29 is 4.74 Å². The summed E-state index contributed by atoms with van der Waals surface area (Å²) in [6.07, 6.45) is 2.64. The highest BCUT2D eigenvalue weighted by molar-refractivity contribution is 7.99. The molecule has 4 nitrogen and oxygen atoms in total. The van der Waals surface area contributed by atoms with Crippen LogP contribution in [0.15, 0.2) is 78.5 Å². The van der Waals surface area contributed by atoms with Gasteiger partial charge in [0.2, 0.25) is 0 Å². The van der Waals surface area contributed by atoms with Crippen LogP contribution in [-0.2, 0) is 13.0 Å². The smallest absolute Gasteiger partial charge is 0.191 e. The molecule has 0 aliphatic heterocycles. The van der Waals surface area contributed by atoms with Gasteiger partial charge in [0, 0.05) is 18.7 Å². The fourth-order valence-corrected chi connectivity index (χ4v) is 3.24. The summed E-state index contributed by atoms with van der Waals surface area (Å²) in [5, 5.41) is 9.62. The Kier molecular flexibility index (Phi) is 6.29. The number of benzene rings is 2. The molecule has 0 saturated carbocycles. The second-order valence-corrected chi connectivity index (χ2v) is 6.53. The molecule has 25 heavy (non-hydrogen) atoms. The zero-order valence-electron chi connectivity index (χ0n) is 14.0. The maximum atomic E-state index is 5.73. The molecule has 0 amide bonds. The molecule has 0 unspecified atom stereocenters. The SMILES string of the molecule is C=CCn1c(Cc2ccccc2)nnc1SCCOc1ccccc1. The van der Waals surface area contributed by atoms with Crippen LogP contribution in [0.1, 0.15) is 11.4 Å². The van der Waals surface area contributed by atoms with Crippen LogP contribution < -0.4 is 4.74 Å². The Morgan fingerprint density at radius 1 is 1.00 bits per heavy atom. The lowest BCUT2D eigenvalue weighted by Gasteiger charge is -2.08. The Morgan fingerprint density at radius 2 is 1.72 bits per heavy atom. The molecule has 1 aromatic heterocycles. The molecule has 0 aliphatic carbocycles. The van der Waals surface area contributed by atoms with Crippen LogP contribution in [0, 0.1) is 0 Å². The quantitative estimate of drug-likeness (QED) is 0.329. The molecule has 0 saturated heterocycles. The number of nitrogens with zero attached hydrogens (tertiary/aromatic N) is 3. The van der Waals surface area contributed by atoms with Crippen LogP contribution in [-0.4, -0.2) is 27.1 Å². The van der Waals surface area contributed by atoms with Gasteiger partial charge >= 0.3 is 0 Å². The number of para-hydroxylation sites is 1. The van der Waals surface area contributed by atoms with Crippen molar-refractivity contribution in [1.29, 1.82) is 0 Å². The minimum Gasteiger partial charge on any atom is -0.493 e. The van der Waals surface area contributed by atoms with E-state index in [0.717, 1.165) is 28.9 Å². The van der Waals surface area contributed by atoms with Gasteiger partial charge in [-0.1, -0.05) is 66.4 Å². The Balaban J connectivity index is 1.60. The normalized spacial score (nSPS) is 10.6. The van der Waals surface area contributed by atoms with Gasteiger partial charge in [-0.3, -0.25) is 0 Å². The second kappa shape index (κ2) is 9.08. The summed E-state index contributed by atoms with van der Waals surface area (Å²) in [5.41, 5.74) is 1.23. The minimum atomic E-state index is 0.629. The van der Waals surface area contributed by atoms with Gasteiger partial charge in [0.05, 0.1) is 6.61 Å². The van der Waals surface area contributed by atoms with E-state index >= 15 is 0 Å². The van der Waals surface area contributed by atoms with Gasteiger partial charge < -0.3 is 9.30 Å². The van der Waals surface area contributed by atoms with E-state index in [1.165, 1.54) is 5.56 Å². The molecule has 0 radical (unpaired) electrons. The number of hydrogen-bond donors (Lipinski definition) is 0. The first-order valence-corrected chi connectivity index (χ1v) is 9.23. The summed E-state index contributed by atoms with van der Waals surface area (Å²) in [6, 6.07) is 20.2. The van der Waals surface area contributed by atoms with E-state index in [0.29, 0.717) is 13.2 Å². The third kappa shape index (κ3) is 4.97. The molecular weight excluding hydrogens is 330 g/mol. The summed E-state index contributed by atoms with van der Waals surface area (Å²) in [4.78, 5) is 0. The van der Waals surface area contributed by atoms with E-state index in [1.807, 2.05) is 54.6 Å². The summed E-state index contributed by atoms with van der Waals surface area (Å²) in [6.45, 7) is 5.18. The first kappa shape index (κ1) is 17.3. The Morgan fingerprint density at radius 3 is 2.44 bits per heavy atom. The monoisotopic (exact) mass is 351 g/mol. The van der Waals surface area contributed by atoms with Crippen molar-refractivity contribution in [1.82, 2.24) is 14.8 Å². The zero-order chi connectivity index (χ0) is 17.3. The van der Waals surface area contributed by atoms with Gasteiger partial charge in [-0.25, -0.2) is 0 Å². The summed E-state index contributed by atoms with van der Waals surface area (Å²) < 4.78 is 7.85. The van der Waals surface area contributed by atoms with E-state index < -0.39 is 0 Å². The lowest BCUT2D eigenvalue weighted by Crippen LogP contribution is -2.06. The van der Waals surface area contributed by atoms with Gasteiger partial charge in [0.15, 0.2) is 5.16 Å². The molecule has 3 rings (SSSR count). The number of hydrogen-bond acceptors (Lipinski definition) is 4. The number of thioether (sulfide) groups is 1. The Labute approximate surface area is 152 Å². The summed E-state index contributed by atoms with van der Waals surface area (Å²) in [5.74, 6) is 2.66. The van der Waals surface area contributed by atoms with Crippen molar-refractivity contribution in [2.75, 3.05) is 12.4 Å². The van der Waals surface area contributed by atoms with Gasteiger partial charge in [0.25, 0.3) is 0 Å². The molecule has 3 aromatic rings. The van der Waals surface area contributed by atoms with E-state index in [-0.39, 0.29) is 0 Å². The molecule has 5 heteroatoms. The van der Waals surface area contributed by atoms with Crippen LogP contribution in [0.2, 0.25) is 0 Å². The van der Waals surface area contributed by atoms with Crippen molar-refractivity contribution >= 4 is 11.8 Å². The highest BCUT2D eigenvalue weighted by Gasteiger charge is 2.12. The molecule has 128 valence electrons. The maximum absolute atomic E-state index is 5.73.